The molecule has 6 nitrogen and oxygen atoms in total. The van der Waals surface area contributed by atoms with Gasteiger partial charge in [-0.05, 0) is 54.5 Å². The summed E-state index contributed by atoms with van der Waals surface area (Å²) in [6.07, 6.45) is 3.24. The zero-order valence-corrected chi connectivity index (χ0v) is 17.0. The first-order chi connectivity index (χ1) is 14.0. The van der Waals surface area contributed by atoms with Crippen LogP contribution < -0.4 is 14.8 Å². The molecule has 0 heterocycles. The van der Waals surface area contributed by atoms with Gasteiger partial charge >= 0.3 is 5.97 Å². The van der Waals surface area contributed by atoms with Crippen molar-refractivity contribution in [2.75, 3.05) is 13.7 Å². The lowest BCUT2D eigenvalue weighted by molar-refractivity contribution is -0.117. The maximum Gasteiger partial charge on any atom is 0.343 e. The Balaban J connectivity index is 2.18. The molecular formula is C22H21ClN2O4. The third kappa shape index (κ3) is 6.37. The number of carbonyl (C=O) groups is 2. The molecule has 0 fully saturated rings. The molecule has 7 heteroatoms. The molecule has 0 atom stereocenters. The highest BCUT2D eigenvalue weighted by atomic mass is 35.5. The van der Waals surface area contributed by atoms with Gasteiger partial charge < -0.3 is 14.8 Å². The molecule has 0 bridgehead atoms. The quantitative estimate of drug-likeness (QED) is 0.228. The van der Waals surface area contributed by atoms with Gasteiger partial charge in [0.2, 0.25) is 0 Å². The highest BCUT2D eigenvalue weighted by Gasteiger charge is 2.14. The second-order valence-corrected chi connectivity index (χ2v) is 6.52. The zero-order chi connectivity index (χ0) is 21.2. The Morgan fingerprint density at radius 2 is 1.90 bits per heavy atom. The number of carbonyl (C=O) groups excluding carboxylic acids is 2. The van der Waals surface area contributed by atoms with E-state index in [0.717, 1.165) is 12.8 Å². The Morgan fingerprint density at radius 3 is 2.52 bits per heavy atom. The van der Waals surface area contributed by atoms with Crippen molar-refractivity contribution in [2.24, 2.45) is 0 Å². The van der Waals surface area contributed by atoms with Crippen LogP contribution in [-0.2, 0) is 4.79 Å². The minimum atomic E-state index is -0.559. The van der Waals surface area contributed by atoms with Crippen LogP contribution in [0.25, 0.3) is 6.08 Å². The van der Waals surface area contributed by atoms with E-state index in [9.17, 15) is 14.9 Å². The van der Waals surface area contributed by atoms with E-state index >= 15 is 0 Å². The van der Waals surface area contributed by atoms with Gasteiger partial charge in [0, 0.05) is 11.6 Å². The molecule has 150 valence electrons. The van der Waals surface area contributed by atoms with Gasteiger partial charge in [-0.25, -0.2) is 4.79 Å². The number of hydrogen-bond donors (Lipinski definition) is 1. The van der Waals surface area contributed by atoms with Gasteiger partial charge in [0.1, 0.15) is 11.6 Å². The van der Waals surface area contributed by atoms with Gasteiger partial charge in [0.15, 0.2) is 11.5 Å². The number of esters is 1. The second kappa shape index (κ2) is 10.9. The van der Waals surface area contributed by atoms with Gasteiger partial charge in [-0.15, -0.1) is 0 Å². The van der Waals surface area contributed by atoms with E-state index in [2.05, 4.69) is 5.32 Å². The SMILES string of the molecule is CCCCNC(=O)/C(C#N)=C/c1ccc(OC(=O)c2ccc(Cl)cc2)c(OC)c1. The van der Waals surface area contributed by atoms with E-state index in [4.69, 9.17) is 21.1 Å². The maximum atomic E-state index is 12.3. The molecule has 29 heavy (non-hydrogen) atoms. The summed E-state index contributed by atoms with van der Waals surface area (Å²) in [4.78, 5) is 24.4. The number of unbranched alkanes of at least 4 members (excludes halogenated alkanes) is 1. The lowest BCUT2D eigenvalue weighted by Crippen LogP contribution is -2.25. The molecule has 1 N–H and O–H groups in total. The molecule has 2 rings (SSSR count). The Kier molecular flexibility index (Phi) is 8.26. The summed E-state index contributed by atoms with van der Waals surface area (Å²) < 4.78 is 10.7. The number of halogens is 1. The first-order valence-electron chi connectivity index (χ1n) is 9.04. The fourth-order valence-electron chi connectivity index (χ4n) is 2.39. The first-order valence-corrected chi connectivity index (χ1v) is 9.42. The molecule has 0 radical (unpaired) electrons. The lowest BCUT2D eigenvalue weighted by Gasteiger charge is -2.10. The summed E-state index contributed by atoms with van der Waals surface area (Å²) in [5.41, 5.74) is 0.889. The van der Waals surface area contributed by atoms with E-state index in [0.29, 0.717) is 28.4 Å². The minimum absolute atomic E-state index is 0.0194. The summed E-state index contributed by atoms with van der Waals surface area (Å²) in [6.45, 7) is 2.53. The molecule has 2 aromatic carbocycles. The molecule has 0 unspecified atom stereocenters. The zero-order valence-electron chi connectivity index (χ0n) is 16.2. The van der Waals surface area contributed by atoms with Crippen LogP contribution in [-0.4, -0.2) is 25.5 Å². The number of nitrogens with one attached hydrogen (secondary N) is 1. The van der Waals surface area contributed by atoms with E-state index in [1.54, 1.807) is 42.5 Å². The molecule has 0 spiro atoms. The fourth-order valence-corrected chi connectivity index (χ4v) is 2.52. The Hall–Kier alpha value is -3.30. The molecule has 0 aliphatic carbocycles. The third-order valence-electron chi connectivity index (χ3n) is 3.96. The predicted octanol–water partition coefficient (Wildman–Crippen LogP) is 4.39. The van der Waals surface area contributed by atoms with E-state index in [1.165, 1.54) is 13.2 Å². The summed E-state index contributed by atoms with van der Waals surface area (Å²) in [6, 6.07) is 13.0. The van der Waals surface area contributed by atoms with Crippen molar-refractivity contribution in [1.82, 2.24) is 5.32 Å². The Morgan fingerprint density at radius 1 is 1.17 bits per heavy atom. The average molecular weight is 413 g/mol. The largest absolute Gasteiger partial charge is 0.493 e. The number of amides is 1. The van der Waals surface area contributed by atoms with Crippen molar-refractivity contribution in [3.63, 3.8) is 0 Å². The minimum Gasteiger partial charge on any atom is -0.493 e. The Labute approximate surface area is 174 Å². The van der Waals surface area contributed by atoms with Gasteiger partial charge in [-0.3, -0.25) is 4.79 Å². The smallest absolute Gasteiger partial charge is 0.343 e. The van der Waals surface area contributed by atoms with Crippen molar-refractivity contribution in [2.45, 2.75) is 19.8 Å². The molecule has 0 aliphatic rings. The van der Waals surface area contributed by atoms with Crippen LogP contribution in [0.4, 0.5) is 0 Å². The number of nitrogens with zero attached hydrogens (tertiary/aromatic N) is 1. The molecule has 1 amide bonds. The fraction of sp³-hybridized carbons (Fsp3) is 0.227. The van der Waals surface area contributed by atoms with Crippen molar-refractivity contribution in [3.05, 3.63) is 64.2 Å². The first kappa shape index (κ1) is 22.0. The molecule has 0 aromatic heterocycles. The number of benzene rings is 2. The molecule has 0 saturated carbocycles. The van der Waals surface area contributed by atoms with Crippen LogP contribution in [0.2, 0.25) is 5.02 Å². The summed E-state index contributed by atoms with van der Waals surface area (Å²) in [5.74, 6) is -0.477. The van der Waals surface area contributed by atoms with Crippen LogP contribution in [0.1, 0.15) is 35.7 Å². The molecule has 0 saturated heterocycles. The van der Waals surface area contributed by atoms with E-state index in [1.807, 2.05) is 13.0 Å². The van der Waals surface area contributed by atoms with Gasteiger partial charge in [0.25, 0.3) is 5.91 Å². The summed E-state index contributed by atoms with van der Waals surface area (Å²) in [7, 11) is 1.44. The number of methoxy groups -OCH3 is 1. The van der Waals surface area contributed by atoms with Crippen LogP contribution >= 0.6 is 11.6 Å². The number of nitriles is 1. The van der Waals surface area contributed by atoms with Crippen LogP contribution in [0.3, 0.4) is 0 Å². The topological polar surface area (TPSA) is 88.4 Å². The average Bonchev–Trinajstić information content (AvgIpc) is 2.73. The molecule has 2 aromatic rings. The monoisotopic (exact) mass is 412 g/mol. The van der Waals surface area contributed by atoms with Crippen molar-refractivity contribution >= 4 is 29.6 Å². The number of rotatable bonds is 8. The van der Waals surface area contributed by atoms with Gasteiger partial charge in [-0.1, -0.05) is 31.0 Å². The van der Waals surface area contributed by atoms with Crippen LogP contribution in [0.15, 0.2) is 48.0 Å². The Bertz CT molecular complexity index is 946. The van der Waals surface area contributed by atoms with Crippen LogP contribution in [0, 0.1) is 11.3 Å². The van der Waals surface area contributed by atoms with E-state index in [-0.39, 0.29) is 11.3 Å². The summed E-state index contributed by atoms with van der Waals surface area (Å²) >= 11 is 5.82. The van der Waals surface area contributed by atoms with Gasteiger partial charge in [0.05, 0.1) is 12.7 Å². The lowest BCUT2D eigenvalue weighted by atomic mass is 10.1. The van der Waals surface area contributed by atoms with Crippen molar-refractivity contribution in [1.29, 1.82) is 5.26 Å². The second-order valence-electron chi connectivity index (χ2n) is 6.09. The third-order valence-corrected chi connectivity index (χ3v) is 4.21. The summed E-state index contributed by atoms with van der Waals surface area (Å²) in [5, 5.41) is 12.5. The molecular weight excluding hydrogens is 392 g/mol. The highest BCUT2D eigenvalue weighted by Crippen LogP contribution is 2.30. The van der Waals surface area contributed by atoms with Gasteiger partial charge in [-0.2, -0.15) is 5.26 Å². The predicted molar refractivity (Wildman–Crippen MR) is 111 cm³/mol. The number of hydrogen-bond acceptors (Lipinski definition) is 5. The van der Waals surface area contributed by atoms with Crippen LogP contribution in [0.5, 0.6) is 11.5 Å². The highest BCUT2D eigenvalue weighted by molar-refractivity contribution is 6.30. The standard InChI is InChI=1S/C22H21ClN2O4/c1-3-4-11-25-21(26)17(14-24)12-15-5-10-19(20(13-15)28-2)29-22(27)16-6-8-18(23)9-7-16/h5-10,12-13H,3-4,11H2,1-2H3,(H,25,26)/b17-12+. The van der Waals surface area contributed by atoms with E-state index < -0.39 is 11.9 Å². The van der Waals surface area contributed by atoms with Crippen molar-refractivity contribution in [3.8, 4) is 17.6 Å². The van der Waals surface area contributed by atoms with Crippen molar-refractivity contribution < 1.29 is 19.1 Å². The maximum absolute atomic E-state index is 12.3. The number of ether oxygens (including phenoxy) is 2. The normalized spacial score (nSPS) is 10.8. The molecule has 0 aliphatic heterocycles.